The van der Waals surface area contributed by atoms with Crippen molar-refractivity contribution in [2.75, 3.05) is 13.7 Å². The summed E-state index contributed by atoms with van der Waals surface area (Å²) in [7, 11) is -2.15. The lowest BCUT2D eigenvalue weighted by molar-refractivity contribution is 0.0956. The minimum Gasteiger partial charge on any atom is -0.497 e. The van der Waals surface area contributed by atoms with Crippen molar-refractivity contribution in [3.63, 3.8) is 0 Å². The summed E-state index contributed by atoms with van der Waals surface area (Å²) in [4.78, 5) is 13.1. The van der Waals surface area contributed by atoms with Crippen molar-refractivity contribution < 1.29 is 17.9 Å². The van der Waals surface area contributed by atoms with Crippen LogP contribution in [0.2, 0.25) is 0 Å². The maximum absolute atomic E-state index is 13.3. The molecule has 0 amide bonds. The Labute approximate surface area is 153 Å². The van der Waals surface area contributed by atoms with Crippen LogP contribution in [-0.2, 0) is 16.4 Å². The van der Waals surface area contributed by atoms with Crippen LogP contribution in [-0.4, -0.2) is 37.7 Å². The molecule has 1 aliphatic heterocycles. The molecule has 1 fully saturated rings. The second-order valence-corrected chi connectivity index (χ2v) is 9.03. The van der Waals surface area contributed by atoms with Crippen LogP contribution in [0.25, 0.3) is 0 Å². The molecule has 4 rings (SSSR count). The van der Waals surface area contributed by atoms with E-state index >= 15 is 0 Å². The number of carbonyl (C=O) groups is 1. The summed E-state index contributed by atoms with van der Waals surface area (Å²) in [5.74, 6) is 0.518. The number of hydrogen-bond acceptors (Lipinski definition) is 4. The highest BCUT2D eigenvalue weighted by Crippen LogP contribution is 2.49. The van der Waals surface area contributed by atoms with Gasteiger partial charge in [0, 0.05) is 11.1 Å². The Bertz CT molecular complexity index is 975. The van der Waals surface area contributed by atoms with Crippen molar-refractivity contribution in [1.82, 2.24) is 4.31 Å². The van der Waals surface area contributed by atoms with Gasteiger partial charge in [-0.2, -0.15) is 4.31 Å². The second kappa shape index (κ2) is 5.93. The molecule has 0 bridgehead atoms. The Kier molecular flexibility index (Phi) is 3.93. The lowest BCUT2D eigenvalue weighted by Gasteiger charge is -2.28. The Morgan fingerprint density at radius 1 is 1.08 bits per heavy atom. The third kappa shape index (κ3) is 2.73. The van der Waals surface area contributed by atoms with Gasteiger partial charge in [0.25, 0.3) is 0 Å². The maximum atomic E-state index is 13.3. The number of benzene rings is 2. The van der Waals surface area contributed by atoms with E-state index in [0.717, 1.165) is 24.0 Å². The molecule has 136 valence electrons. The molecule has 1 spiro atoms. The van der Waals surface area contributed by atoms with Crippen molar-refractivity contribution in [3.05, 3.63) is 59.2 Å². The number of aryl methyl sites for hydroxylation is 1. The standard InChI is InChI=1S/C20H21NO4S/c1-14-3-6-17(7-4-14)26(23,24)21-13-19(22)18-8-5-16(25-2)11-15(18)12-20(21)9-10-20/h3-8,11H,9-10,12-13H2,1-2H3. The molecule has 0 unspecified atom stereocenters. The average molecular weight is 371 g/mol. The van der Waals surface area contributed by atoms with E-state index < -0.39 is 15.6 Å². The molecule has 1 aliphatic carbocycles. The first-order valence-electron chi connectivity index (χ1n) is 8.65. The van der Waals surface area contributed by atoms with Gasteiger partial charge < -0.3 is 4.74 Å². The van der Waals surface area contributed by atoms with Crippen LogP contribution in [0, 0.1) is 6.92 Å². The highest BCUT2D eigenvalue weighted by atomic mass is 32.2. The number of Topliss-reactive ketones (excluding diaryl/α,β-unsaturated/α-hetero) is 1. The molecule has 0 N–H and O–H groups in total. The molecule has 6 heteroatoms. The normalized spacial score (nSPS) is 19.1. The van der Waals surface area contributed by atoms with E-state index in [-0.39, 0.29) is 17.2 Å². The third-order valence-electron chi connectivity index (χ3n) is 5.38. The van der Waals surface area contributed by atoms with Gasteiger partial charge in [0.05, 0.1) is 18.6 Å². The first-order chi connectivity index (χ1) is 12.4. The van der Waals surface area contributed by atoms with Crippen LogP contribution >= 0.6 is 0 Å². The maximum Gasteiger partial charge on any atom is 0.244 e. The quantitative estimate of drug-likeness (QED) is 0.832. The summed E-state index contributed by atoms with van der Waals surface area (Å²) in [6.07, 6.45) is 2.07. The zero-order chi connectivity index (χ0) is 18.5. The van der Waals surface area contributed by atoms with Gasteiger partial charge in [-0.05, 0) is 62.1 Å². The number of methoxy groups -OCH3 is 1. The first kappa shape index (κ1) is 17.2. The summed E-state index contributed by atoms with van der Waals surface area (Å²) < 4.78 is 33.3. The molecule has 0 aromatic heterocycles. The lowest BCUT2D eigenvalue weighted by Crippen LogP contribution is -2.44. The summed E-state index contributed by atoms with van der Waals surface area (Å²) in [5.41, 5.74) is 1.96. The monoisotopic (exact) mass is 371 g/mol. The van der Waals surface area contributed by atoms with Crippen LogP contribution in [0.4, 0.5) is 0 Å². The number of fused-ring (bicyclic) bond motifs is 1. The molecule has 0 atom stereocenters. The Morgan fingerprint density at radius 3 is 2.38 bits per heavy atom. The topological polar surface area (TPSA) is 63.7 Å². The average Bonchev–Trinajstić information content (AvgIpc) is 3.41. The van der Waals surface area contributed by atoms with E-state index in [2.05, 4.69) is 0 Å². The van der Waals surface area contributed by atoms with Crippen LogP contribution < -0.4 is 4.74 Å². The van der Waals surface area contributed by atoms with Crippen molar-refractivity contribution in [3.8, 4) is 5.75 Å². The molecular weight excluding hydrogens is 350 g/mol. The van der Waals surface area contributed by atoms with E-state index in [4.69, 9.17) is 4.74 Å². The fourth-order valence-corrected chi connectivity index (χ4v) is 5.47. The fraction of sp³-hybridized carbons (Fsp3) is 0.350. The Hall–Kier alpha value is -2.18. The molecule has 0 saturated heterocycles. The molecule has 2 aromatic carbocycles. The van der Waals surface area contributed by atoms with Gasteiger partial charge >= 0.3 is 0 Å². The van der Waals surface area contributed by atoms with Gasteiger partial charge in [0.15, 0.2) is 5.78 Å². The number of ketones is 1. The predicted molar refractivity (Wildman–Crippen MR) is 98.1 cm³/mol. The van der Waals surface area contributed by atoms with Crippen molar-refractivity contribution in [2.45, 2.75) is 36.6 Å². The van der Waals surface area contributed by atoms with E-state index in [1.807, 2.05) is 13.0 Å². The zero-order valence-corrected chi connectivity index (χ0v) is 15.7. The first-order valence-corrected chi connectivity index (χ1v) is 10.1. The summed E-state index contributed by atoms with van der Waals surface area (Å²) >= 11 is 0. The van der Waals surface area contributed by atoms with E-state index in [1.54, 1.807) is 43.5 Å². The molecule has 2 aliphatic rings. The number of sulfonamides is 1. The van der Waals surface area contributed by atoms with Crippen LogP contribution in [0.1, 0.15) is 34.3 Å². The van der Waals surface area contributed by atoms with Crippen molar-refractivity contribution >= 4 is 15.8 Å². The number of hydrogen-bond donors (Lipinski definition) is 0. The zero-order valence-electron chi connectivity index (χ0n) is 14.9. The minimum atomic E-state index is -3.73. The lowest BCUT2D eigenvalue weighted by atomic mass is 9.98. The van der Waals surface area contributed by atoms with Crippen LogP contribution in [0.5, 0.6) is 5.75 Å². The molecule has 0 radical (unpaired) electrons. The minimum absolute atomic E-state index is 0.116. The number of ether oxygens (including phenoxy) is 1. The van der Waals surface area contributed by atoms with Gasteiger partial charge in [-0.25, -0.2) is 8.42 Å². The smallest absolute Gasteiger partial charge is 0.244 e. The van der Waals surface area contributed by atoms with Crippen molar-refractivity contribution in [1.29, 1.82) is 0 Å². The van der Waals surface area contributed by atoms with Crippen LogP contribution in [0.3, 0.4) is 0 Å². The fourth-order valence-electron chi connectivity index (χ4n) is 3.69. The molecule has 2 aromatic rings. The van der Waals surface area contributed by atoms with E-state index in [0.29, 0.717) is 17.7 Å². The van der Waals surface area contributed by atoms with Crippen molar-refractivity contribution in [2.24, 2.45) is 0 Å². The number of nitrogens with zero attached hydrogens (tertiary/aromatic N) is 1. The van der Waals surface area contributed by atoms with Gasteiger partial charge in [0.2, 0.25) is 10.0 Å². The van der Waals surface area contributed by atoms with Gasteiger partial charge in [-0.3, -0.25) is 4.79 Å². The number of rotatable bonds is 3. The van der Waals surface area contributed by atoms with Gasteiger partial charge in [-0.15, -0.1) is 0 Å². The third-order valence-corrected chi connectivity index (χ3v) is 7.35. The Balaban J connectivity index is 1.77. The largest absolute Gasteiger partial charge is 0.497 e. The highest BCUT2D eigenvalue weighted by molar-refractivity contribution is 7.89. The molecule has 5 nitrogen and oxygen atoms in total. The Morgan fingerprint density at radius 2 is 1.77 bits per heavy atom. The molecule has 1 saturated carbocycles. The van der Waals surface area contributed by atoms with E-state index in [9.17, 15) is 13.2 Å². The summed E-state index contributed by atoms with van der Waals surface area (Å²) in [6.45, 7) is 1.80. The summed E-state index contributed by atoms with van der Waals surface area (Å²) in [5, 5.41) is 0. The molecule has 26 heavy (non-hydrogen) atoms. The SMILES string of the molecule is COc1ccc2c(c1)CC1(CC1)N(S(=O)(=O)c1ccc(C)cc1)CC2=O. The number of carbonyl (C=O) groups excluding carboxylic acids is 1. The van der Waals surface area contributed by atoms with Gasteiger partial charge in [-0.1, -0.05) is 17.7 Å². The summed E-state index contributed by atoms with van der Waals surface area (Å²) in [6, 6.07) is 12.2. The molecular formula is C20H21NO4S. The van der Waals surface area contributed by atoms with Gasteiger partial charge in [0.1, 0.15) is 5.75 Å². The second-order valence-electron chi connectivity index (χ2n) is 7.17. The predicted octanol–water partition coefficient (Wildman–Crippen LogP) is 2.97. The molecule has 1 heterocycles. The highest BCUT2D eigenvalue weighted by Gasteiger charge is 2.55. The van der Waals surface area contributed by atoms with E-state index in [1.165, 1.54) is 4.31 Å². The van der Waals surface area contributed by atoms with Crippen LogP contribution in [0.15, 0.2) is 47.4 Å².